The number of nitrogens with zero attached hydrogens (tertiary/aromatic N) is 1. The zero-order chi connectivity index (χ0) is 14.2. The van der Waals surface area contributed by atoms with Crippen molar-refractivity contribution >= 4 is 0 Å². The van der Waals surface area contributed by atoms with E-state index in [1.54, 1.807) is 39.0 Å². The van der Waals surface area contributed by atoms with Gasteiger partial charge in [-0.25, -0.2) is 4.39 Å². The molecule has 1 N–H and O–H groups in total. The molecule has 0 bridgehead atoms. The number of rotatable bonds is 1. The molecular weight excluding hydrogens is 243 g/mol. The summed E-state index contributed by atoms with van der Waals surface area (Å²) in [4.78, 5) is 14.3. The Morgan fingerprint density at radius 2 is 1.74 bits per heavy atom. The molecule has 2 aromatic rings. The highest BCUT2D eigenvalue weighted by Gasteiger charge is 2.12. The summed E-state index contributed by atoms with van der Waals surface area (Å²) in [6.07, 6.45) is 0. The first-order valence-electron chi connectivity index (χ1n) is 5.85. The molecule has 96 valence electrons. The Morgan fingerprint density at radius 3 is 2.26 bits per heavy atom. The second-order valence-electron chi connectivity index (χ2n) is 4.61. The third kappa shape index (κ3) is 2.27. The standard InChI is InChI=1S/C15H13FN2O/c1-8-4-11(5-9(2)14(8)16)12-6-10(3)18-15(19)13(12)7-17/h4-6H,1-3H3,(H,18,19). The topological polar surface area (TPSA) is 56.6 Å². The minimum Gasteiger partial charge on any atom is -0.325 e. The Morgan fingerprint density at radius 1 is 1.16 bits per heavy atom. The predicted molar refractivity (Wildman–Crippen MR) is 71.4 cm³/mol. The molecule has 0 radical (unpaired) electrons. The highest BCUT2D eigenvalue weighted by Crippen LogP contribution is 2.26. The van der Waals surface area contributed by atoms with Gasteiger partial charge in [-0.2, -0.15) is 5.26 Å². The Labute approximate surface area is 110 Å². The second-order valence-corrected chi connectivity index (χ2v) is 4.61. The molecule has 0 amide bonds. The van der Waals surface area contributed by atoms with Crippen molar-refractivity contribution in [3.63, 3.8) is 0 Å². The third-order valence-electron chi connectivity index (χ3n) is 3.03. The number of pyridine rings is 1. The van der Waals surface area contributed by atoms with Crippen LogP contribution in [0.25, 0.3) is 11.1 Å². The number of nitriles is 1. The normalized spacial score (nSPS) is 10.3. The summed E-state index contributed by atoms with van der Waals surface area (Å²) in [6, 6.07) is 6.93. The molecule has 1 aromatic carbocycles. The van der Waals surface area contributed by atoms with Crippen LogP contribution in [0.3, 0.4) is 0 Å². The highest BCUT2D eigenvalue weighted by molar-refractivity contribution is 5.71. The molecule has 3 nitrogen and oxygen atoms in total. The third-order valence-corrected chi connectivity index (χ3v) is 3.03. The molecular formula is C15H13FN2O. The lowest BCUT2D eigenvalue weighted by molar-refractivity contribution is 0.609. The van der Waals surface area contributed by atoms with Crippen LogP contribution in [0.2, 0.25) is 0 Å². The number of aromatic nitrogens is 1. The summed E-state index contributed by atoms with van der Waals surface area (Å²) < 4.78 is 13.6. The number of H-pyrrole nitrogens is 1. The lowest BCUT2D eigenvalue weighted by Gasteiger charge is -2.09. The van der Waals surface area contributed by atoms with Crippen molar-refractivity contribution in [3.05, 3.63) is 56.8 Å². The summed E-state index contributed by atoms with van der Waals surface area (Å²) >= 11 is 0. The van der Waals surface area contributed by atoms with E-state index in [1.165, 1.54) is 0 Å². The van der Waals surface area contributed by atoms with E-state index in [1.807, 2.05) is 6.07 Å². The average molecular weight is 256 g/mol. The van der Waals surface area contributed by atoms with Gasteiger partial charge < -0.3 is 4.98 Å². The molecule has 19 heavy (non-hydrogen) atoms. The monoisotopic (exact) mass is 256 g/mol. The lowest BCUT2D eigenvalue weighted by Crippen LogP contribution is -2.12. The van der Waals surface area contributed by atoms with Crippen LogP contribution < -0.4 is 5.56 Å². The van der Waals surface area contributed by atoms with Crippen LogP contribution in [-0.2, 0) is 0 Å². The van der Waals surface area contributed by atoms with Crippen molar-refractivity contribution in [2.24, 2.45) is 0 Å². The van der Waals surface area contributed by atoms with Crippen LogP contribution >= 0.6 is 0 Å². The fraction of sp³-hybridized carbons (Fsp3) is 0.200. The molecule has 1 aromatic heterocycles. The SMILES string of the molecule is Cc1cc(-c2cc(C)c(F)c(C)c2)c(C#N)c(=O)[nH]1. The lowest BCUT2D eigenvalue weighted by atomic mass is 9.97. The number of nitrogens with one attached hydrogen (secondary N) is 1. The van der Waals surface area contributed by atoms with Gasteiger partial charge in [-0.3, -0.25) is 4.79 Å². The summed E-state index contributed by atoms with van der Waals surface area (Å²) in [5.41, 5.74) is 2.51. The van der Waals surface area contributed by atoms with Crippen LogP contribution in [0.1, 0.15) is 22.4 Å². The van der Waals surface area contributed by atoms with Gasteiger partial charge in [0.15, 0.2) is 0 Å². The first kappa shape index (κ1) is 13.0. The molecule has 0 unspecified atom stereocenters. The summed E-state index contributed by atoms with van der Waals surface area (Å²) in [6.45, 7) is 5.07. The van der Waals surface area contributed by atoms with Crippen molar-refractivity contribution in [2.45, 2.75) is 20.8 Å². The van der Waals surface area contributed by atoms with E-state index in [-0.39, 0.29) is 11.4 Å². The quantitative estimate of drug-likeness (QED) is 0.852. The molecule has 2 rings (SSSR count). The molecule has 0 aliphatic rings. The van der Waals surface area contributed by atoms with Gasteiger partial charge >= 0.3 is 0 Å². The maximum absolute atomic E-state index is 13.6. The molecule has 0 aliphatic heterocycles. The number of aromatic amines is 1. The van der Waals surface area contributed by atoms with Crippen LogP contribution in [0.15, 0.2) is 23.0 Å². The molecule has 0 saturated heterocycles. The van der Waals surface area contributed by atoms with E-state index in [2.05, 4.69) is 4.98 Å². The summed E-state index contributed by atoms with van der Waals surface area (Å²) in [5.74, 6) is -0.260. The Bertz CT molecular complexity index is 731. The van der Waals surface area contributed by atoms with Gasteiger partial charge in [-0.05, 0) is 55.7 Å². The summed E-state index contributed by atoms with van der Waals surface area (Å²) in [5, 5.41) is 9.10. The van der Waals surface area contributed by atoms with Gasteiger partial charge in [-0.15, -0.1) is 0 Å². The Kier molecular flexibility index (Phi) is 3.22. The molecule has 0 aliphatic carbocycles. The van der Waals surface area contributed by atoms with Crippen LogP contribution in [0.4, 0.5) is 4.39 Å². The minimum atomic E-state index is -0.419. The van der Waals surface area contributed by atoms with E-state index >= 15 is 0 Å². The first-order chi connectivity index (χ1) is 8.93. The van der Waals surface area contributed by atoms with Crippen molar-refractivity contribution in [1.29, 1.82) is 5.26 Å². The Hall–Kier alpha value is -2.41. The smallest absolute Gasteiger partial charge is 0.266 e. The number of aryl methyl sites for hydroxylation is 3. The largest absolute Gasteiger partial charge is 0.325 e. The van der Waals surface area contributed by atoms with E-state index in [0.717, 1.165) is 0 Å². The van der Waals surface area contributed by atoms with Crippen molar-refractivity contribution in [1.82, 2.24) is 4.98 Å². The summed E-state index contributed by atoms with van der Waals surface area (Å²) in [7, 11) is 0. The van der Waals surface area contributed by atoms with Gasteiger partial charge in [-0.1, -0.05) is 0 Å². The zero-order valence-electron chi connectivity index (χ0n) is 11.0. The number of hydrogen-bond acceptors (Lipinski definition) is 2. The van der Waals surface area contributed by atoms with Crippen molar-refractivity contribution in [3.8, 4) is 17.2 Å². The predicted octanol–water partition coefficient (Wildman–Crippen LogP) is 2.98. The molecule has 0 spiro atoms. The Balaban J connectivity index is 2.80. The van der Waals surface area contributed by atoms with Gasteiger partial charge in [0, 0.05) is 11.3 Å². The van der Waals surface area contributed by atoms with Crippen molar-refractivity contribution < 1.29 is 4.39 Å². The molecule has 0 saturated carbocycles. The number of hydrogen-bond donors (Lipinski definition) is 1. The van der Waals surface area contributed by atoms with E-state index in [4.69, 9.17) is 5.26 Å². The van der Waals surface area contributed by atoms with Crippen LogP contribution in [-0.4, -0.2) is 4.98 Å². The van der Waals surface area contributed by atoms with E-state index in [0.29, 0.717) is 27.9 Å². The van der Waals surface area contributed by atoms with Crippen LogP contribution in [0.5, 0.6) is 0 Å². The molecule has 4 heteroatoms. The fourth-order valence-electron chi connectivity index (χ4n) is 2.13. The zero-order valence-corrected chi connectivity index (χ0v) is 11.0. The first-order valence-corrected chi connectivity index (χ1v) is 5.85. The van der Waals surface area contributed by atoms with Gasteiger partial charge in [0.25, 0.3) is 5.56 Å². The molecule has 1 heterocycles. The van der Waals surface area contributed by atoms with E-state index in [9.17, 15) is 9.18 Å². The number of benzene rings is 1. The molecule has 0 atom stereocenters. The van der Waals surface area contributed by atoms with Gasteiger partial charge in [0.1, 0.15) is 17.4 Å². The maximum Gasteiger partial charge on any atom is 0.266 e. The minimum absolute atomic E-state index is 0.0519. The van der Waals surface area contributed by atoms with Gasteiger partial charge in [0.05, 0.1) is 0 Å². The molecule has 0 fully saturated rings. The second kappa shape index (κ2) is 4.69. The van der Waals surface area contributed by atoms with E-state index < -0.39 is 5.56 Å². The highest BCUT2D eigenvalue weighted by atomic mass is 19.1. The average Bonchev–Trinajstić information content (AvgIpc) is 2.34. The van der Waals surface area contributed by atoms with Crippen molar-refractivity contribution in [2.75, 3.05) is 0 Å². The van der Waals surface area contributed by atoms with Crippen LogP contribution in [0, 0.1) is 37.9 Å². The maximum atomic E-state index is 13.6. The number of halogens is 1. The fourth-order valence-corrected chi connectivity index (χ4v) is 2.13. The van der Waals surface area contributed by atoms with Gasteiger partial charge in [0.2, 0.25) is 0 Å².